The van der Waals surface area contributed by atoms with E-state index in [4.69, 9.17) is 4.74 Å². The van der Waals surface area contributed by atoms with Crippen LogP contribution in [-0.4, -0.2) is 47.2 Å². The summed E-state index contributed by atoms with van der Waals surface area (Å²) in [6.45, 7) is 2.42. The van der Waals surface area contributed by atoms with Crippen molar-refractivity contribution in [1.29, 1.82) is 0 Å². The van der Waals surface area contributed by atoms with Crippen LogP contribution in [0, 0.1) is 6.92 Å². The van der Waals surface area contributed by atoms with Gasteiger partial charge in [-0.25, -0.2) is 9.59 Å². The Morgan fingerprint density at radius 2 is 1.66 bits per heavy atom. The third-order valence-electron chi connectivity index (χ3n) is 6.85. The molecule has 1 heterocycles. The highest BCUT2D eigenvalue weighted by atomic mass is 16.5. The number of amides is 2. The molecule has 2 amide bonds. The third-order valence-corrected chi connectivity index (χ3v) is 6.85. The van der Waals surface area contributed by atoms with E-state index in [0.717, 1.165) is 22.3 Å². The van der Waals surface area contributed by atoms with Gasteiger partial charge in [0.1, 0.15) is 12.6 Å². The maximum absolute atomic E-state index is 12.8. The fraction of sp³-hybridized carbons (Fsp3) is 0.250. The molecule has 1 saturated heterocycles. The molecular weight excluding hydrogens is 444 g/mol. The van der Waals surface area contributed by atoms with Crippen molar-refractivity contribution in [3.63, 3.8) is 0 Å². The van der Waals surface area contributed by atoms with Gasteiger partial charge in [0.05, 0.1) is 0 Å². The van der Waals surface area contributed by atoms with Crippen LogP contribution >= 0.6 is 0 Å². The van der Waals surface area contributed by atoms with Crippen molar-refractivity contribution in [2.24, 2.45) is 0 Å². The second-order valence-electron chi connectivity index (χ2n) is 8.98. The van der Waals surface area contributed by atoms with Gasteiger partial charge in [-0.3, -0.25) is 10.1 Å². The first kappa shape index (κ1) is 22.7. The molecule has 2 N–H and O–H groups in total. The Labute approximate surface area is 203 Å². The van der Waals surface area contributed by atoms with Gasteiger partial charge in [-0.15, -0.1) is 0 Å². The number of fused-ring (bicyclic) bond motifs is 3. The molecule has 1 fully saturated rings. The van der Waals surface area contributed by atoms with Gasteiger partial charge in [-0.1, -0.05) is 48.5 Å². The quantitative estimate of drug-likeness (QED) is 0.544. The number of nitrogens with zero attached hydrogens (tertiary/aromatic N) is 1. The number of carboxylic acids is 1. The molecule has 5 rings (SSSR count). The first-order valence-corrected chi connectivity index (χ1v) is 11.7. The van der Waals surface area contributed by atoms with Crippen molar-refractivity contribution in [3.05, 3.63) is 89.0 Å². The zero-order valence-corrected chi connectivity index (χ0v) is 19.4. The Morgan fingerprint density at radius 3 is 2.29 bits per heavy atom. The van der Waals surface area contributed by atoms with Crippen molar-refractivity contribution in [2.75, 3.05) is 18.5 Å². The highest BCUT2D eigenvalue weighted by Gasteiger charge is 2.34. The van der Waals surface area contributed by atoms with Crippen molar-refractivity contribution < 1.29 is 24.2 Å². The van der Waals surface area contributed by atoms with Crippen LogP contribution in [0.25, 0.3) is 11.1 Å². The van der Waals surface area contributed by atoms with Gasteiger partial charge in [0, 0.05) is 23.7 Å². The number of ether oxygens (including phenoxy) is 1. The Morgan fingerprint density at radius 1 is 1.00 bits per heavy atom. The normalized spacial score (nSPS) is 16.5. The van der Waals surface area contributed by atoms with E-state index in [-0.39, 0.29) is 18.4 Å². The second kappa shape index (κ2) is 9.25. The van der Waals surface area contributed by atoms with E-state index in [9.17, 15) is 19.5 Å². The molecule has 0 bridgehead atoms. The van der Waals surface area contributed by atoms with Crippen LogP contribution in [0.3, 0.4) is 0 Å². The van der Waals surface area contributed by atoms with E-state index < -0.39 is 18.1 Å². The summed E-state index contributed by atoms with van der Waals surface area (Å²) in [6, 6.07) is 20.4. The van der Waals surface area contributed by atoms with Gasteiger partial charge in [0.15, 0.2) is 0 Å². The maximum atomic E-state index is 12.8. The lowest BCUT2D eigenvalue weighted by molar-refractivity contribution is -0.141. The fourth-order valence-corrected chi connectivity index (χ4v) is 5.11. The van der Waals surface area contributed by atoms with Crippen LogP contribution in [-0.2, 0) is 9.53 Å². The van der Waals surface area contributed by atoms with Crippen LogP contribution in [0.2, 0.25) is 0 Å². The number of rotatable bonds is 5. The molecular formula is C28H26N2O5. The smallest absolute Gasteiger partial charge is 0.411 e. The van der Waals surface area contributed by atoms with E-state index in [1.165, 1.54) is 4.90 Å². The number of hydrogen-bond acceptors (Lipinski definition) is 4. The highest BCUT2D eigenvalue weighted by Crippen LogP contribution is 2.44. The molecule has 1 aliphatic carbocycles. The van der Waals surface area contributed by atoms with E-state index in [2.05, 4.69) is 29.6 Å². The molecule has 0 radical (unpaired) electrons. The molecule has 35 heavy (non-hydrogen) atoms. The molecule has 1 aliphatic heterocycles. The lowest BCUT2D eigenvalue weighted by Gasteiger charge is -2.22. The molecule has 0 saturated carbocycles. The minimum absolute atomic E-state index is 0.0307. The van der Waals surface area contributed by atoms with Crippen LogP contribution in [0.4, 0.5) is 10.5 Å². The standard InChI is InChI=1S/C28H26N2O5/c1-17-15-18(26(31)30-14-6-11-25(30)27(32)33)12-13-24(17)29-28(34)35-16-23-21-9-4-2-7-19(21)20-8-3-5-10-22(20)23/h2-5,7-10,12-13,15,23,25H,6,11,14,16H2,1H3,(H,29,34)(H,32,33)/t25-/m0/s1. The Balaban J connectivity index is 1.25. The molecule has 7 heteroatoms. The van der Waals surface area contributed by atoms with E-state index in [0.29, 0.717) is 36.2 Å². The predicted molar refractivity (Wildman–Crippen MR) is 132 cm³/mol. The number of anilines is 1. The number of carboxylic acid groups (broad SMARTS) is 1. The number of aryl methyl sites for hydroxylation is 1. The van der Waals surface area contributed by atoms with Crippen molar-refractivity contribution in [1.82, 2.24) is 4.90 Å². The Kier molecular flexibility index (Phi) is 5.99. The number of benzene rings is 3. The van der Waals surface area contributed by atoms with Crippen LogP contribution in [0.15, 0.2) is 66.7 Å². The molecule has 7 nitrogen and oxygen atoms in total. The van der Waals surface area contributed by atoms with Crippen LogP contribution in [0.1, 0.15) is 45.8 Å². The van der Waals surface area contributed by atoms with Crippen molar-refractivity contribution in [2.45, 2.75) is 31.7 Å². The molecule has 0 spiro atoms. The number of aliphatic carboxylic acids is 1. The Hall–Kier alpha value is -4.13. The summed E-state index contributed by atoms with van der Waals surface area (Å²) in [7, 11) is 0. The minimum atomic E-state index is -0.985. The molecule has 0 aromatic heterocycles. The predicted octanol–water partition coefficient (Wildman–Crippen LogP) is 5.05. The average molecular weight is 471 g/mol. The number of carbonyl (C=O) groups is 3. The largest absolute Gasteiger partial charge is 0.480 e. The summed E-state index contributed by atoms with van der Waals surface area (Å²) in [5, 5.41) is 12.1. The summed E-state index contributed by atoms with van der Waals surface area (Å²) in [6.07, 6.45) is 0.560. The third kappa shape index (κ3) is 4.25. The summed E-state index contributed by atoms with van der Waals surface area (Å²) in [4.78, 5) is 38.3. The number of nitrogens with one attached hydrogen (secondary N) is 1. The molecule has 1 atom stereocenters. The van der Waals surface area contributed by atoms with Gasteiger partial charge in [0.25, 0.3) is 5.91 Å². The van der Waals surface area contributed by atoms with Gasteiger partial charge >= 0.3 is 12.1 Å². The average Bonchev–Trinajstić information content (AvgIpc) is 3.47. The van der Waals surface area contributed by atoms with Crippen molar-refractivity contribution in [3.8, 4) is 11.1 Å². The monoisotopic (exact) mass is 470 g/mol. The SMILES string of the molecule is Cc1cc(C(=O)N2CCC[C@H]2C(=O)O)ccc1NC(=O)OCC1c2ccccc2-c2ccccc21. The number of hydrogen-bond donors (Lipinski definition) is 2. The first-order chi connectivity index (χ1) is 16.9. The van der Waals surface area contributed by atoms with E-state index >= 15 is 0 Å². The molecule has 2 aliphatic rings. The number of carbonyl (C=O) groups excluding carboxylic acids is 2. The second-order valence-corrected chi connectivity index (χ2v) is 8.98. The van der Waals surface area contributed by atoms with Crippen LogP contribution < -0.4 is 5.32 Å². The number of likely N-dealkylation sites (tertiary alicyclic amines) is 1. The highest BCUT2D eigenvalue weighted by molar-refractivity contribution is 5.98. The summed E-state index contributed by atoms with van der Waals surface area (Å²) >= 11 is 0. The van der Waals surface area contributed by atoms with Crippen LogP contribution in [0.5, 0.6) is 0 Å². The summed E-state index contributed by atoms with van der Waals surface area (Å²) in [5.74, 6) is -1.33. The first-order valence-electron chi connectivity index (χ1n) is 11.7. The molecule has 3 aromatic carbocycles. The minimum Gasteiger partial charge on any atom is -0.480 e. The van der Waals surface area contributed by atoms with Crippen molar-refractivity contribution >= 4 is 23.7 Å². The maximum Gasteiger partial charge on any atom is 0.411 e. The summed E-state index contributed by atoms with van der Waals surface area (Å²) < 4.78 is 5.61. The fourth-order valence-electron chi connectivity index (χ4n) is 5.11. The molecule has 0 unspecified atom stereocenters. The topological polar surface area (TPSA) is 95.9 Å². The lowest BCUT2D eigenvalue weighted by Crippen LogP contribution is -2.40. The van der Waals surface area contributed by atoms with E-state index in [1.807, 2.05) is 24.3 Å². The Bertz CT molecular complexity index is 1270. The molecule has 178 valence electrons. The lowest BCUT2D eigenvalue weighted by atomic mass is 9.98. The van der Waals surface area contributed by atoms with Gasteiger partial charge in [-0.05, 0) is 65.8 Å². The van der Waals surface area contributed by atoms with Gasteiger partial charge in [0.2, 0.25) is 0 Å². The van der Waals surface area contributed by atoms with Gasteiger partial charge in [-0.2, -0.15) is 0 Å². The zero-order chi connectivity index (χ0) is 24.5. The van der Waals surface area contributed by atoms with Gasteiger partial charge < -0.3 is 14.7 Å². The molecule has 3 aromatic rings. The summed E-state index contributed by atoms with van der Waals surface area (Å²) in [5.41, 5.74) is 6.23. The van der Waals surface area contributed by atoms with E-state index in [1.54, 1.807) is 25.1 Å². The zero-order valence-electron chi connectivity index (χ0n) is 19.4.